The monoisotopic (exact) mass is 403 g/mol. The average Bonchev–Trinajstić information content (AvgIpc) is 3.24. The molecule has 1 spiro atoms. The van der Waals surface area contributed by atoms with Gasteiger partial charge in [-0.25, -0.2) is 0 Å². The average molecular weight is 404 g/mol. The molecule has 4 rings (SSSR count). The van der Waals surface area contributed by atoms with Crippen LogP contribution in [0, 0.1) is 16.7 Å². The third-order valence-corrected chi connectivity index (χ3v) is 7.90. The van der Waals surface area contributed by atoms with Crippen LogP contribution in [0.15, 0.2) is 24.3 Å². The lowest BCUT2D eigenvalue weighted by Crippen LogP contribution is -2.49. The lowest BCUT2D eigenvalue weighted by molar-refractivity contribution is -0.132. The number of likely N-dealkylation sites (tertiary alicyclic amines) is 2. The first kappa shape index (κ1) is 19.7. The molecule has 1 aliphatic carbocycles. The Balaban J connectivity index is 1.51. The molecule has 6 heteroatoms. The van der Waals surface area contributed by atoms with Crippen LogP contribution in [-0.2, 0) is 4.79 Å². The molecule has 2 aliphatic heterocycles. The number of carbonyl (C=O) groups excluding carboxylic acids is 2. The van der Waals surface area contributed by atoms with Gasteiger partial charge in [0.1, 0.15) is 0 Å². The maximum Gasteiger partial charge on any atom is 0.253 e. The SMILES string of the molecule is CCN1C[C@H]2C3(CCN(C(=O)c4cccc(Cl)c4)CC3)CC[C@@]2(C(=O)NC)C1. The summed E-state index contributed by atoms with van der Waals surface area (Å²) in [5, 5.41) is 3.54. The number of amides is 2. The Morgan fingerprint density at radius 3 is 2.61 bits per heavy atom. The van der Waals surface area contributed by atoms with Crippen molar-refractivity contribution in [3.63, 3.8) is 0 Å². The third-order valence-electron chi connectivity index (χ3n) is 7.67. The van der Waals surface area contributed by atoms with Gasteiger partial charge in [0, 0.05) is 43.8 Å². The molecule has 1 aromatic carbocycles. The number of carbonyl (C=O) groups is 2. The standard InChI is InChI=1S/C22H30ClN3O2/c1-3-25-14-18-21(7-8-22(18,15-25)20(28)24-2)9-11-26(12-10-21)19(27)16-5-4-6-17(23)13-16/h4-6,13,18H,3,7-12,14-15H2,1-2H3,(H,24,28)/t18-,22+/m0/s1. The number of nitrogens with one attached hydrogen (secondary N) is 1. The summed E-state index contributed by atoms with van der Waals surface area (Å²) in [4.78, 5) is 30.2. The second kappa shape index (κ2) is 7.34. The maximum absolute atomic E-state index is 12.9. The Morgan fingerprint density at radius 2 is 1.96 bits per heavy atom. The topological polar surface area (TPSA) is 52.7 Å². The highest BCUT2D eigenvalue weighted by molar-refractivity contribution is 6.30. The molecular weight excluding hydrogens is 374 g/mol. The molecule has 3 aliphatic rings. The van der Waals surface area contributed by atoms with Crippen molar-refractivity contribution in [1.29, 1.82) is 0 Å². The number of hydrogen-bond donors (Lipinski definition) is 1. The van der Waals surface area contributed by atoms with Crippen molar-refractivity contribution in [3.05, 3.63) is 34.9 Å². The summed E-state index contributed by atoms with van der Waals surface area (Å²) >= 11 is 6.06. The van der Waals surface area contributed by atoms with Crippen LogP contribution >= 0.6 is 11.6 Å². The first-order chi connectivity index (χ1) is 13.4. The van der Waals surface area contributed by atoms with Gasteiger partial charge >= 0.3 is 0 Å². The zero-order valence-corrected chi connectivity index (χ0v) is 17.6. The van der Waals surface area contributed by atoms with E-state index < -0.39 is 0 Å². The summed E-state index contributed by atoms with van der Waals surface area (Å²) in [6.45, 7) is 6.57. The van der Waals surface area contributed by atoms with Gasteiger partial charge in [-0.1, -0.05) is 24.6 Å². The van der Waals surface area contributed by atoms with E-state index in [0.29, 0.717) is 16.5 Å². The minimum absolute atomic E-state index is 0.0644. The Labute approximate surface area is 172 Å². The Morgan fingerprint density at radius 1 is 1.21 bits per heavy atom. The predicted molar refractivity (Wildman–Crippen MR) is 110 cm³/mol. The summed E-state index contributed by atoms with van der Waals surface area (Å²) in [7, 11) is 1.76. The molecule has 28 heavy (non-hydrogen) atoms. The fourth-order valence-corrected chi connectivity index (χ4v) is 6.27. The van der Waals surface area contributed by atoms with Crippen molar-refractivity contribution in [2.75, 3.05) is 39.8 Å². The normalized spacial score (nSPS) is 29.1. The lowest BCUT2D eigenvalue weighted by atomic mass is 9.65. The number of nitrogens with zero attached hydrogens (tertiary/aromatic N) is 2. The van der Waals surface area contributed by atoms with E-state index in [1.807, 2.05) is 17.0 Å². The molecule has 3 fully saturated rings. The molecule has 0 radical (unpaired) electrons. The fourth-order valence-electron chi connectivity index (χ4n) is 6.08. The molecule has 5 nitrogen and oxygen atoms in total. The van der Waals surface area contributed by atoms with Gasteiger partial charge in [-0.3, -0.25) is 9.59 Å². The van der Waals surface area contributed by atoms with Crippen molar-refractivity contribution in [2.24, 2.45) is 16.7 Å². The molecule has 2 saturated heterocycles. The number of piperidine rings is 1. The largest absolute Gasteiger partial charge is 0.359 e. The highest BCUT2D eigenvalue weighted by Crippen LogP contribution is 2.62. The van der Waals surface area contributed by atoms with E-state index in [9.17, 15) is 9.59 Å². The first-order valence-corrected chi connectivity index (χ1v) is 10.8. The minimum atomic E-state index is -0.246. The van der Waals surface area contributed by atoms with E-state index in [4.69, 9.17) is 11.6 Å². The number of benzene rings is 1. The highest BCUT2D eigenvalue weighted by Gasteiger charge is 2.63. The Bertz CT molecular complexity index is 775. The third kappa shape index (κ3) is 3.03. The van der Waals surface area contributed by atoms with Gasteiger partial charge < -0.3 is 15.1 Å². The molecule has 1 N–H and O–H groups in total. The molecule has 152 valence electrons. The smallest absolute Gasteiger partial charge is 0.253 e. The Kier molecular flexibility index (Phi) is 5.17. The van der Waals surface area contributed by atoms with Gasteiger partial charge in [-0.05, 0) is 61.8 Å². The molecule has 0 unspecified atom stereocenters. The van der Waals surface area contributed by atoms with E-state index in [-0.39, 0.29) is 22.6 Å². The van der Waals surface area contributed by atoms with Crippen LogP contribution in [0.25, 0.3) is 0 Å². The molecule has 1 aromatic rings. The second-order valence-corrected chi connectivity index (χ2v) is 9.22. The molecule has 1 saturated carbocycles. The lowest BCUT2D eigenvalue weighted by Gasteiger charge is -2.44. The van der Waals surface area contributed by atoms with Crippen molar-refractivity contribution in [2.45, 2.75) is 32.6 Å². The summed E-state index contributed by atoms with van der Waals surface area (Å²) < 4.78 is 0. The van der Waals surface area contributed by atoms with Crippen molar-refractivity contribution >= 4 is 23.4 Å². The molecule has 2 atom stereocenters. The van der Waals surface area contributed by atoms with Gasteiger partial charge in [0.25, 0.3) is 5.91 Å². The van der Waals surface area contributed by atoms with Gasteiger partial charge in [0.05, 0.1) is 5.41 Å². The van der Waals surface area contributed by atoms with Crippen LogP contribution < -0.4 is 5.32 Å². The van der Waals surface area contributed by atoms with Crippen molar-refractivity contribution < 1.29 is 9.59 Å². The number of halogens is 1. The zero-order chi connectivity index (χ0) is 19.9. The first-order valence-electron chi connectivity index (χ1n) is 10.4. The van der Waals surface area contributed by atoms with E-state index in [2.05, 4.69) is 17.1 Å². The summed E-state index contributed by atoms with van der Waals surface area (Å²) in [5.41, 5.74) is 0.596. The second-order valence-electron chi connectivity index (χ2n) is 8.78. The zero-order valence-electron chi connectivity index (χ0n) is 16.8. The molecule has 2 heterocycles. The van der Waals surface area contributed by atoms with Gasteiger partial charge in [0.15, 0.2) is 0 Å². The van der Waals surface area contributed by atoms with E-state index in [1.165, 1.54) is 0 Å². The van der Waals surface area contributed by atoms with Crippen LogP contribution in [0.1, 0.15) is 43.0 Å². The van der Waals surface area contributed by atoms with Crippen LogP contribution in [0.5, 0.6) is 0 Å². The van der Waals surface area contributed by atoms with Gasteiger partial charge in [0.2, 0.25) is 5.91 Å². The molecule has 0 bridgehead atoms. The van der Waals surface area contributed by atoms with Gasteiger partial charge in [-0.15, -0.1) is 0 Å². The quantitative estimate of drug-likeness (QED) is 0.843. The van der Waals surface area contributed by atoms with Crippen LogP contribution in [0.4, 0.5) is 0 Å². The van der Waals surface area contributed by atoms with Crippen LogP contribution in [0.2, 0.25) is 5.02 Å². The van der Waals surface area contributed by atoms with E-state index in [0.717, 1.165) is 58.4 Å². The predicted octanol–water partition coefficient (Wildman–Crippen LogP) is 3.04. The van der Waals surface area contributed by atoms with Crippen LogP contribution in [-0.4, -0.2) is 61.4 Å². The summed E-state index contributed by atoms with van der Waals surface area (Å²) in [6, 6.07) is 7.20. The van der Waals surface area contributed by atoms with E-state index in [1.54, 1.807) is 19.2 Å². The minimum Gasteiger partial charge on any atom is -0.359 e. The highest BCUT2D eigenvalue weighted by atomic mass is 35.5. The van der Waals surface area contributed by atoms with Crippen molar-refractivity contribution in [1.82, 2.24) is 15.1 Å². The number of rotatable bonds is 3. The summed E-state index contributed by atoms with van der Waals surface area (Å²) in [6.07, 6.45) is 4.04. The molecular formula is C22H30ClN3O2. The molecule has 2 amide bonds. The number of fused-ring (bicyclic) bond motifs is 2. The maximum atomic E-state index is 12.9. The molecule has 0 aromatic heterocycles. The number of hydrogen-bond acceptors (Lipinski definition) is 3. The fraction of sp³-hybridized carbons (Fsp3) is 0.636. The Hall–Kier alpha value is -1.59. The van der Waals surface area contributed by atoms with Crippen LogP contribution in [0.3, 0.4) is 0 Å². The summed E-state index contributed by atoms with van der Waals surface area (Å²) in [5.74, 6) is 0.667. The van der Waals surface area contributed by atoms with Crippen molar-refractivity contribution in [3.8, 4) is 0 Å². The van der Waals surface area contributed by atoms with E-state index >= 15 is 0 Å². The van der Waals surface area contributed by atoms with Gasteiger partial charge in [-0.2, -0.15) is 0 Å².